The summed E-state index contributed by atoms with van der Waals surface area (Å²) in [5.74, 6) is 1.77. The van der Waals surface area contributed by atoms with Crippen LogP contribution < -0.4 is 11.0 Å². The molecule has 0 aliphatic heterocycles. The fourth-order valence-electron chi connectivity index (χ4n) is 0.160. The zero-order valence-electron chi connectivity index (χ0n) is 3.92. The predicted octanol–water partition coefficient (Wildman–Crippen LogP) is -2.46. The molecule has 2 N–H and O–H groups in total. The minimum Gasteiger partial charge on any atom is -0.550 e. The summed E-state index contributed by atoms with van der Waals surface area (Å²) < 4.78 is 0. The van der Waals surface area contributed by atoms with Gasteiger partial charge in [0.2, 0.25) is 0 Å². The van der Waals surface area contributed by atoms with E-state index in [1.165, 1.54) is 0 Å². The van der Waals surface area contributed by atoms with E-state index in [-0.39, 0.29) is 0 Å². The van der Waals surface area contributed by atoms with Gasteiger partial charge in [-0.1, -0.05) is 0 Å². The number of carbonyl (C=O) groups excluding carboxylic acids is 2. The van der Waals surface area contributed by atoms with Crippen LogP contribution in [0.15, 0.2) is 0 Å². The van der Waals surface area contributed by atoms with E-state index in [9.17, 15) is 14.7 Å². The number of carboxylic acid groups (broad SMARTS) is 1. The summed E-state index contributed by atoms with van der Waals surface area (Å²) in [6.45, 7) is 0. The Morgan fingerprint density at radius 1 is 1.62 bits per heavy atom. The number of carbonyl (C=O) groups is 2. The Hall–Kier alpha value is -1.10. The standard InChI is InChI=1S/C3H5NO4/c4-8-3(7)1-2(5)6/h1,4H2,(H,5,6)/p-1. The van der Waals surface area contributed by atoms with Gasteiger partial charge in [0, 0.05) is 0 Å². The molecule has 0 unspecified atom stereocenters. The molecule has 0 atom stereocenters. The second kappa shape index (κ2) is 2.98. The van der Waals surface area contributed by atoms with Crippen LogP contribution in [0.3, 0.4) is 0 Å². The van der Waals surface area contributed by atoms with E-state index in [1.54, 1.807) is 0 Å². The summed E-state index contributed by atoms with van der Waals surface area (Å²) >= 11 is 0. The van der Waals surface area contributed by atoms with Crippen LogP contribution in [0.1, 0.15) is 6.42 Å². The first kappa shape index (κ1) is 6.90. The number of nitrogens with two attached hydrogens (primary N) is 1. The summed E-state index contributed by atoms with van der Waals surface area (Å²) in [5, 5.41) is 9.50. The van der Waals surface area contributed by atoms with Gasteiger partial charge in [0.15, 0.2) is 0 Å². The quantitative estimate of drug-likeness (QED) is 0.320. The summed E-state index contributed by atoms with van der Waals surface area (Å²) in [4.78, 5) is 22.9. The molecule has 0 aromatic rings. The highest BCUT2D eigenvalue weighted by atomic mass is 16.7. The van der Waals surface area contributed by atoms with Crippen molar-refractivity contribution in [1.82, 2.24) is 0 Å². The topological polar surface area (TPSA) is 92.5 Å². The van der Waals surface area contributed by atoms with Crippen LogP contribution in [-0.4, -0.2) is 11.9 Å². The molecule has 5 heteroatoms. The van der Waals surface area contributed by atoms with E-state index < -0.39 is 18.4 Å². The van der Waals surface area contributed by atoms with Gasteiger partial charge in [-0.25, -0.2) is 4.79 Å². The molecule has 0 saturated heterocycles. The third-order valence-electron chi connectivity index (χ3n) is 0.420. The maximum absolute atomic E-state index is 9.85. The van der Waals surface area contributed by atoms with Gasteiger partial charge in [0.1, 0.15) is 0 Å². The highest BCUT2D eigenvalue weighted by molar-refractivity contribution is 5.88. The molecule has 5 nitrogen and oxygen atoms in total. The van der Waals surface area contributed by atoms with Crippen LogP contribution >= 0.6 is 0 Å². The van der Waals surface area contributed by atoms with Crippen molar-refractivity contribution in [2.24, 2.45) is 5.90 Å². The normalized spacial score (nSPS) is 8.12. The summed E-state index contributed by atoms with van der Waals surface area (Å²) in [5.41, 5.74) is 0. The fourth-order valence-corrected chi connectivity index (χ4v) is 0.160. The Bertz CT molecular complexity index is 110. The average molecular weight is 118 g/mol. The minimum atomic E-state index is -1.50. The fraction of sp³-hybridized carbons (Fsp3) is 0.333. The largest absolute Gasteiger partial charge is 0.550 e. The van der Waals surface area contributed by atoms with Gasteiger partial charge in [-0.05, 0) is 0 Å². The van der Waals surface area contributed by atoms with Gasteiger partial charge in [-0.3, -0.25) is 0 Å². The summed E-state index contributed by atoms with van der Waals surface area (Å²) in [6, 6.07) is 0. The van der Waals surface area contributed by atoms with Crippen molar-refractivity contribution in [2.45, 2.75) is 6.42 Å². The number of aliphatic carboxylic acids is 1. The molecule has 0 radical (unpaired) electrons. The third-order valence-corrected chi connectivity index (χ3v) is 0.420. The van der Waals surface area contributed by atoms with E-state index in [0.717, 1.165) is 0 Å². The number of rotatable bonds is 2. The van der Waals surface area contributed by atoms with Crippen LogP contribution in [-0.2, 0) is 14.4 Å². The molecule has 0 amide bonds. The van der Waals surface area contributed by atoms with E-state index >= 15 is 0 Å². The van der Waals surface area contributed by atoms with Crippen LogP contribution in [0.25, 0.3) is 0 Å². The number of hydrogen-bond donors (Lipinski definition) is 1. The lowest BCUT2D eigenvalue weighted by atomic mass is 10.5. The molecule has 0 aliphatic carbocycles. The molecule has 0 bridgehead atoms. The molecular weight excluding hydrogens is 114 g/mol. The van der Waals surface area contributed by atoms with E-state index in [2.05, 4.69) is 10.7 Å². The molecule has 0 heterocycles. The molecule has 0 aliphatic rings. The highest BCUT2D eigenvalue weighted by Crippen LogP contribution is 1.76. The van der Waals surface area contributed by atoms with Crippen molar-refractivity contribution in [2.75, 3.05) is 0 Å². The number of hydrogen-bond acceptors (Lipinski definition) is 5. The Labute approximate surface area is 45.0 Å². The Kier molecular flexibility index (Phi) is 2.57. The van der Waals surface area contributed by atoms with Gasteiger partial charge in [0.25, 0.3) is 0 Å². The zero-order chi connectivity index (χ0) is 6.57. The Morgan fingerprint density at radius 2 is 2.12 bits per heavy atom. The maximum Gasteiger partial charge on any atom is 0.330 e. The SMILES string of the molecule is NOC(=O)CC(=O)[O-]. The lowest BCUT2D eigenvalue weighted by Gasteiger charge is -1.96. The maximum atomic E-state index is 9.85. The molecule has 0 rings (SSSR count). The number of carboxylic acids is 1. The molecule has 0 saturated carbocycles. The molecular formula is C3H4NO4-. The van der Waals surface area contributed by atoms with E-state index in [0.29, 0.717) is 0 Å². The van der Waals surface area contributed by atoms with Crippen molar-refractivity contribution >= 4 is 11.9 Å². The van der Waals surface area contributed by atoms with Gasteiger partial charge in [-0.2, -0.15) is 5.90 Å². The van der Waals surface area contributed by atoms with Crippen molar-refractivity contribution in [3.8, 4) is 0 Å². The van der Waals surface area contributed by atoms with Gasteiger partial charge < -0.3 is 14.7 Å². The molecule has 8 heavy (non-hydrogen) atoms. The van der Waals surface area contributed by atoms with E-state index in [1.807, 2.05) is 0 Å². The third kappa shape index (κ3) is 3.10. The van der Waals surface area contributed by atoms with Crippen LogP contribution in [0.4, 0.5) is 0 Å². The second-order valence-electron chi connectivity index (χ2n) is 1.04. The molecule has 0 aromatic heterocycles. The van der Waals surface area contributed by atoms with Gasteiger partial charge in [0.05, 0.1) is 12.4 Å². The summed E-state index contributed by atoms with van der Waals surface area (Å²) in [7, 11) is 0. The first-order chi connectivity index (χ1) is 3.66. The van der Waals surface area contributed by atoms with Crippen LogP contribution in [0.2, 0.25) is 0 Å². The monoisotopic (exact) mass is 118 g/mol. The Balaban J connectivity index is 3.40. The van der Waals surface area contributed by atoms with Crippen molar-refractivity contribution in [1.29, 1.82) is 0 Å². The average Bonchev–Trinajstić information content (AvgIpc) is 1.65. The van der Waals surface area contributed by atoms with Gasteiger partial charge >= 0.3 is 5.97 Å². The molecule has 0 spiro atoms. The molecule has 46 valence electrons. The Morgan fingerprint density at radius 3 is 2.25 bits per heavy atom. The van der Waals surface area contributed by atoms with E-state index in [4.69, 9.17) is 0 Å². The van der Waals surface area contributed by atoms with Crippen molar-refractivity contribution < 1.29 is 19.5 Å². The minimum absolute atomic E-state index is 0.795. The van der Waals surface area contributed by atoms with Crippen LogP contribution in [0.5, 0.6) is 0 Å². The smallest absolute Gasteiger partial charge is 0.330 e. The van der Waals surface area contributed by atoms with Crippen LogP contribution in [0, 0.1) is 0 Å². The summed E-state index contributed by atoms with van der Waals surface area (Å²) in [6.07, 6.45) is -0.795. The lowest BCUT2D eigenvalue weighted by molar-refractivity contribution is -0.305. The van der Waals surface area contributed by atoms with Crippen molar-refractivity contribution in [3.63, 3.8) is 0 Å². The highest BCUT2D eigenvalue weighted by Gasteiger charge is 1.98. The lowest BCUT2D eigenvalue weighted by Crippen LogP contribution is -2.27. The predicted molar refractivity (Wildman–Crippen MR) is 19.9 cm³/mol. The van der Waals surface area contributed by atoms with Crippen molar-refractivity contribution in [3.05, 3.63) is 0 Å². The zero-order valence-corrected chi connectivity index (χ0v) is 3.92. The van der Waals surface area contributed by atoms with Gasteiger partial charge in [-0.15, -0.1) is 0 Å². The second-order valence-corrected chi connectivity index (χ2v) is 1.04. The molecule has 0 fully saturated rings. The molecule has 0 aromatic carbocycles. The first-order valence-electron chi connectivity index (χ1n) is 1.76. The first-order valence-corrected chi connectivity index (χ1v) is 1.76.